The van der Waals surface area contributed by atoms with Crippen molar-refractivity contribution in [3.63, 3.8) is 0 Å². The van der Waals surface area contributed by atoms with Crippen LogP contribution in [0.4, 0.5) is 0 Å². The first kappa shape index (κ1) is 12.8. The highest BCUT2D eigenvalue weighted by atomic mass is 16.5. The molecule has 0 amide bonds. The van der Waals surface area contributed by atoms with Crippen molar-refractivity contribution in [2.45, 2.75) is 33.7 Å². The fraction of sp³-hybridized carbons (Fsp3) is 0.429. The molecule has 0 saturated carbocycles. The number of benzene rings is 1. The van der Waals surface area contributed by atoms with Crippen molar-refractivity contribution < 1.29 is 4.74 Å². The highest BCUT2D eigenvalue weighted by molar-refractivity contribution is 5.39. The Morgan fingerprint density at radius 1 is 1.44 bits per heavy atom. The van der Waals surface area contributed by atoms with E-state index in [2.05, 4.69) is 32.9 Å². The summed E-state index contributed by atoms with van der Waals surface area (Å²) in [5.41, 5.74) is 9.41. The van der Waals surface area contributed by atoms with E-state index in [4.69, 9.17) is 10.5 Å². The second-order valence-electron chi connectivity index (χ2n) is 4.42. The van der Waals surface area contributed by atoms with E-state index in [-0.39, 0.29) is 6.04 Å². The van der Waals surface area contributed by atoms with Crippen LogP contribution in [0.1, 0.15) is 37.9 Å². The molecule has 88 valence electrons. The number of ether oxygens (including phenoxy) is 1. The SMILES string of the molecule is CC(C)=CCOc1cc(C)ccc1[C@H](C)N. The van der Waals surface area contributed by atoms with E-state index < -0.39 is 0 Å². The number of rotatable bonds is 4. The van der Waals surface area contributed by atoms with E-state index in [1.165, 1.54) is 11.1 Å². The number of hydrogen-bond acceptors (Lipinski definition) is 2. The summed E-state index contributed by atoms with van der Waals surface area (Å²) in [4.78, 5) is 0. The standard InChI is InChI=1S/C14H21NO/c1-10(2)7-8-16-14-9-11(3)5-6-13(14)12(4)15/h5-7,9,12H,8,15H2,1-4H3/t12-/m0/s1. The molecule has 0 fully saturated rings. The minimum atomic E-state index is 0.00213. The Labute approximate surface area is 98.1 Å². The van der Waals surface area contributed by atoms with Gasteiger partial charge in [-0.05, 0) is 45.4 Å². The Kier molecular flexibility index (Phi) is 4.56. The van der Waals surface area contributed by atoms with E-state index in [0.29, 0.717) is 6.61 Å². The molecule has 2 heteroatoms. The summed E-state index contributed by atoms with van der Waals surface area (Å²) in [6.07, 6.45) is 2.06. The van der Waals surface area contributed by atoms with Crippen LogP contribution >= 0.6 is 0 Å². The Morgan fingerprint density at radius 3 is 2.69 bits per heavy atom. The minimum absolute atomic E-state index is 0.00213. The smallest absolute Gasteiger partial charge is 0.124 e. The quantitative estimate of drug-likeness (QED) is 0.788. The molecule has 0 saturated heterocycles. The largest absolute Gasteiger partial charge is 0.489 e. The lowest BCUT2D eigenvalue weighted by molar-refractivity contribution is 0.355. The second-order valence-corrected chi connectivity index (χ2v) is 4.42. The van der Waals surface area contributed by atoms with Crippen molar-refractivity contribution in [3.05, 3.63) is 41.0 Å². The third-order valence-electron chi connectivity index (χ3n) is 2.39. The lowest BCUT2D eigenvalue weighted by atomic mass is 10.1. The van der Waals surface area contributed by atoms with Crippen LogP contribution in [0, 0.1) is 6.92 Å². The Bertz CT molecular complexity index is 376. The predicted molar refractivity (Wildman–Crippen MR) is 68.7 cm³/mol. The molecule has 1 rings (SSSR count). The second kappa shape index (κ2) is 5.71. The molecule has 0 heterocycles. The highest BCUT2D eigenvalue weighted by Crippen LogP contribution is 2.25. The number of aryl methyl sites for hydroxylation is 1. The molecule has 0 aliphatic rings. The normalized spacial score (nSPS) is 12.1. The van der Waals surface area contributed by atoms with Crippen molar-refractivity contribution in [2.75, 3.05) is 6.61 Å². The van der Waals surface area contributed by atoms with Gasteiger partial charge in [-0.2, -0.15) is 0 Å². The molecule has 0 spiro atoms. The highest BCUT2D eigenvalue weighted by Gasteiger charge is 2.07. The van der Waals surface area contributed by atoms with Crippen molar-refractivity contribution in [1.82, 2.24) is 0 Å². The molecule has 2 N–H and O–H groups in total. The summed E-state index contributed by atoms with van der Waals surface area (Å²) in [7, 11) is 0. The van der Waals surface area contributed by atoms with Gasteiger partial charge in [-0.3, -0.25) is 0 Å². The van der Waals surface area contributed by atoms with E-state index in [0.717, 1.165) is 11.3 Å². The van der Waals surface area contributed by atoms with Gasteiger partial charge in [0.25, 0.3) is 0 Å². The Balaban J connectivity index is 2.84. The lowest BCUT2D eigenvalue weighted by Crippen LogP contribution is -2.08. The van der Waals surface area contributed by atoms with Crippen LogP contribution < -0.4 is 10.5 Å². The van der Waals surface area contributed by atoms with Gasteiger partial charge in [0.15, 0.2) is 0 Å². The fourth-order valence-electron chi connectivity index (χ4n) is 1.44. The third-order valence-corrected chi connectivity index (χ3v) is 2.39. The molecule has 0 radical (unpaired) electrons. The van der Waals surface area contributed by atoms with E-state index >= 15 is 0 Å². The van der Waals surface area contributed by atoms with Crippen molar-refractivity contribution in [2.24, 2.45) is 5.73 Å². The number of hydrogen-bond donors (Lipinski definition) is 1. The number of nitrogens with two attached hydrogens (primary N) is 1. The summed E-state index contributed by atoms with van der Waals surface area (Å²) in [5, 5.41) is 0. The van der Waals surface area contributed by atoms with Crippen LogP contribution in [0.15, 0.2) is 29.8 Å². The third kappa shape index (κ3) is 3.70. The van der Waals surface area contributed by atoms with Gasteiger partial charge in [0.05, 0.1) is 0 Å². The van der Waals surface area contributed by atoms with Gasteiger partial charge in [-0.15, -0.1) is 0 Å². The zero-order chi connectivity index (χ0) is 12.1. The average Bonchev–Trinajstić information content (AvgIpc) is 2.16. The summed E-state index contributed by atoms with van der Waals surface area (Å²) in [5.74, 6) is 0.896. The molecule has 1 atom stereocenters. The maximum Gasteiger partial charge on any atom is 0.124 e. The summed E-state index contributed by atoms with van der Waals surface area (Å²) >= 11 is 0. The van der Waals surface area contributed by atoms with Gasteiger partial charge in [-0.25, -0.2) is 0 Å². The van der Waals surface area contributed by atoms with Crippen LogP contribution in [-0.2, 0) is 0 Å². The molecule has 16 heavy (non-hydrogen) atoms. The zero-order valence-corrected chi connectivity index (χ0v) is 10.6. The molecule has 1 aromatic carbocycles. The van der Waals surface area contributed by atoms with Crippen molar-refractivity contribution in [3.8, 4) is 5.75 Å². The Hall–Kier alpha value is -1.28. The van der Waals surface area contributed by atoms with E-state index in [1.807, 2.05) is 19.1 Å². The fourth-order valence-corrected chi connectivity index (χ4v) is 1.44. The predicted octanol–water partition coefficient (Wildman–Crippen LogP) is 3.36. The van der Waals surface area contributed by atoms with Crippen LogP contribution in [0.2, 0.25) is 0 Å². The van der Waals surface area contributed by atoms with E-state index in [1.54, 1.807) is 0 Å². The molecule has 0 aliphatic heterocycles. The molecule has 0 unspecified atom stereocenters. The van der Waals surface area contributed by atoms with Gasteiger partial charge in [0.1, 0.15) is 12.4 Å². The molecule has 0 bridgehead atoms. The maximum atomic E-state index is 5.90. The summed E-state index contributed by atoms with van der Waals surface area (Å²) < 4.78 is 5.73. The van der Waals surface area contributed by atoms with E-state index in [9.17, 15) is 0 Å². The van der Waals surface area contributed by atoms with Crippen LogP contribution in [0.5, 0.6) is 5.75 Å². The minimum Gasteiger partial charge on any atom is -0.489 e. The molecule has 0 aromatic heterocycles. The van der Waals surface area contributed by atoms with Crippen molar-refractivity contribution in [1.29, 1.82) is 0 Å². The average molecular weight is 219 g/mol. The molecular formula is C14H21NO. The molecule has 0 aliphatic carbocycles. The number of allylic oxidation sites excluding steroid dienone is 1. The van der Waals surface area contributed by atoms with Gasteiger partial charge in [0.2, 0.25) is 0 Å². The van der Waals surface area contributed by atoms with Crippen LogP contribution in [0.25, 0.3) is 0 Å². The van der Waals surface area contributed by atoms with Crippen LogP contribution in [0.3, 0.4) is 0 Å². The lowest BCUT2D eigenvalue weighted by Gasteiger charge is -2.13. The zero-order valence-electron chi connectivity index (χ0n) is 10.6. The van der Waals surface area contributed by atoms with Gasteiger partial charge < -0.3 is 10.5 Å². The molecular weight excluding hydrogens is 198 g/mol. The molecule has 2 nitrogen and oxygen atoms in total. The molecule has 1 aromatic rings. The first-order valence-electron chi connectivity index (χ1n) is 5.63. The first-order valence-corrected chi connectivity index (χ1v) is 5.63. The first-order chi connectivity index (χ1) is 7.50. The van der Waals surface area contributed by atoms with Gasteiger partial charge in [-0.1, -0.05) is 17.7 Å². The summed E-state index contributed by atoms with van der Waals surface area (Å²) in [6, 6.07) is 6.14. The Morgan fingerprint density at radius 2 is 2.12 bits per heavy atom. The summed E-state index contributed by atoms with van der Waals surface area (Å²) in [6.45, 7) is 8.75. The van der Waals surface area contributed by atoms with Crippen LogP contribution in [-0.4, -0.2) is 6.61 Å². The van der Waals surface area contributed by atoms with Gasteiger partial charge in [0, 0.05) is 11.6 Å². The maximum absolute atomic E-state index is 5.90. The van der Waals surface area contributed by atoms with Gasteiger partial charge >= 0.3 is 0 Å². The monoisotopic (exact) mass is 219 g/mol. The topological polar surface area (TPSA) is 35.2 Å². The van der Waals surface area contributed by atoms with Crippen molar-refractivity contribution >= 4 is 0 Å².